The predicted octanol–water partition coefficient (Wildman–Crippen LogP) is 2.01. The van der Waals surface area contributed by atoms with E-state index in [0.29, 0.717) is 18.0 Å². The van der Waals surface area contributed by atoms with Crippen molar-refractivity contribution < 1.29 is 22.7 Å². The molecule has 0 saturated carbocycles. The number of carbonyl (C=O) groups is 2. The van der Waals surface area contributed by atoms with Crippen LogP contribution >= 0.6 is 0 Å². The van der Waals surface area contributed by atoms with Crippen molar-refractivity contribution in [3.05, 3.63) is 60.2 Å². The molecule has 2 aromatic carbocycles. The Labute approximate surface area is 183 Å². The van der Waals surface area contributed by atoms with Crippen LogP contribution in [0, 0.1) is 0 Å². The maximum Gasteiger partial charge on any atom is 0.244 e. The van der Waals surface area contributed by atoms with Gasteiger partial charge in [0.1, 0.15) is 18.3 Å². The Morgan fingerprint density at radius 2 is 1.68 bits per heavy atom. The number of hydrogen-bond donors (Lipinski definition) is 1. The number of hydrogen-bond acceptors (Lipinski definition) is 5. The summed E-state index contributed by atoms with van der Waals surface area (Å²) in [7, 11) is -2.15. The van der Waals surface area contributed by atoms with Crippen LogP contribution in [0.5, 0.6) is 5.75 Å². The SMILES string of the molecule is CCNC(=O)[C@@H](C)N(Cc1ccc(OC)cc1)C(=O)CN(c1ccccc1)S(C)(=O)=O. The molecular formula is C22H29N3O5S. The van der Waals surface area contributed by atoms with E-state index in [0.717, 1.165) is 16.1 Å². The average molecular weight is 448 g/mol. The molecule has 0 saturated heterocycles. The molecule has 31 heavy (non-hydrogen) atoms. The second-order valence-corrected chi connectivity index (χ2v) is 8.95. The summed E-state index contributed by atoms with van der Waals surface area (Å²) in [5.41, 5.74) is 1.17. The average Bonchev–Trinajstić information content (AvgIpc) is 2.75. The fourth-order valence-electron chi connectivity index (χ4n) is 3.04. The zero-order valence-corrected chi connectivity index (χ0v) is 19.1. The number of methoxy groups -OCH3 is 1. The number of sulfonamides is 1. The largest absolute Gasteiger partial charge is 0.497 e. The molecule has 2 aromatic rings. The number of para-hydroxylation sites is 1. The molecule has 0 fully saturated rings. The van der Waals surface area contributed by atoms with E-state index in [1.165, 1.54) is 4.90 Å². The van der Waals surface area contributed by atoms with Crippen molar-refractivity contribution in [3.63, 3.8) is 0 Å². The first kappa shape index (κ1) is 24.2. The third-order valence-electron chi connectivity index (χ3n) is 4.75. The van der Waals surface area contributed by atoms with Crippen LogP contribution in [0.4, 0.5) is 5.69 Å². The third kappa shape index (κ3) is 6.71. The van der Waals surface area contributed by atoms with Crippen LogP contribution < -0.4 is 14.4 Å². The first-order chi connectivity index (χ1) is 14.7. The van der Waals surface area contributed by atoms with Gasteiger partial charge in [0.05, 0.1) is 19.1 Å². The minimum atomic E-state index is -3.72. The molecule has 0 aromatic heterocycles. The van der Waals surface area contributed by atoms with Gasteiger partial charge >= 0.3 is 0 Å². The second-order valence-electron chi connectivity index (χ2n) is 7.05. The molecule has 0 aliphatic rings. The van der Waals surface area contributed by atoms with Crippen LogP contribution in [-0.4, -0.2) is 57.6 Å². The van der Waals surface area contributed by atoms with Crippen LogP contribution in [0.15, 0.2) is 54.6 Å². The number of carbonyl (C=O) groups excluding carboxylic acids is 2. The van der Waals surface area contributed by atoms with Gasteiger partial charge in [0.2, 0.25) is 21.8 Å². The van der Waals surface area contributed by atoms with Gasteiger partial charge in [-0.15, -0.1) is 0 Å². The van der Waals surface area contributed by atoms with E-state index < -0.39 is 28.5 Å². The number of ether oxygens (including phenoxy) is 1. The summed E-state index contributed by atoms with van der Waals surface area (Å²) in [4.78, 5) is 27.1. The minimum Gasteiger partial charge on any atom is -0.497 e. The topological polar surface area (TPSA) is 96.0 Å². The standard InChI is InChI=1S/C22H29N3O5S/c1-5-23-22(27)17(2)24(15-18-11-13-20(30-3)14-12-18)21(26)16-25(31(4,28)29)19-9-7-6-8-10-19/h6-14,17H,5,15-16H2,1-4H3,(H,23,27)/t17-/m1/s1. The van der Waals surface area contributed by atoms with Crippen molar-refractivity contribution in [2.45, 2.75) is 26.4 Å². The molecule has 0 spiro atoms. The number of nitrogens with one attached hydrogen (secondary N) is 1. The highest BCUT2D eigenvalue weighted by molar-refractivity contribution is 7.92. The van der Waals surface area contributed by atoms with E-state index in [2.05, 4.69) is 5.32 Å². The van der Waals surface area contributed by atoms with Gasteiger partial charge in [-0.2, -0.15) is 0 Å². The van der Waals surface area contributed by atoms with E-state index in [4.69, 9.17) is 4.74 Å². The number of amides is 2. The molecule has 0 aliphatic carbocycles. The molecule has 0 unspecified atom stereocenters. The maximum absolute atomic E-state index is 13.3. The zero-order chi connectivity index (χ0) is 23.0. The van der Waals surface area contributed by atoms with E-state index in [9.17, 15) is 18.0 Å². The van der Waals surface area contributed by atoms with Crippen molar-refractivity contribution in [1.82, 2.24) is 10.2 Å². The van der Waals surface area contributed by atoms with Gasteiger partial charge in [-0.1, -0.05) is 30.3 Å². The van der Waals surface area contributed by atoms with Crippen LogP contribution in [0.25, 0.3) is 0 Å². The Morgan fingerprint density at radius 1 is 1.06 bits per heavy atom. The molecule has 0 bridgehead atoms. The Kier molecular flexibility index (Phi) is 8.44. The number of benzene rings is 2. The smallest absolute Gasteiger partial charge is 0.244 e. The Bertz CT molecular complexity index is 978. The highest BCUT2D eigenvalue weighted by atomic mass is 32.2. The number of rotatable bonds is 10. The van der Waals surface area contributed by atoms with E-state index in [1.807, 2.05) is 0 Å². The Hall–Kier alpha value is -3.07. The van der Waals surface area contributed by atoms with Crippen LogP contribution in [-0.2, 0) is 26.2 Å². The normalized spacial score (nSPS) is 12.0. The highest BCUT2D eigenvalue weighted by Crippen LogP contribution is 2.19. The molecule has 9 heteroatoms. The van der Waals surface area contributed by atoms with Crippen molar-refractivity contribution in [2.24, 2.45) is 0 Å². The molecule has 2 amide bonds. The lowest BCUT2D eigenvalue weighted by Crippen LogP contribution is -2.51. The summed E-state index contributed by atoms with van der Waals surface area (Å²) >= 11 is 0. The van der Waals surface area contributed by atoms with Gasteiger partial charge in [-0.25, -0.2) is 8.42 Å². The van der Waals surface area contributed by atoms with Gasteiger partial charge in [0.25, 0.3) is 0 Å². The molecule has 1 N–H and O–H groups in total. The fourth-order valence-corrected chi connectivity index (χ4v) is 3.89. The maximum atomic E-state index is 13.3. The minimum absolute atomic E-state index is 0.146. The van der Waals surface area contributed by atoms with Crippen molar-refractivity contribution in [1.29, 1.82) is 0 Å². The van der Waals surface area contributed by atoms with Crippen molar-refractivity contribution in [3.8, 4) is 5.75 Å². The van der Waals surface area contributed by atoms with Gasteiger partial charge in [0.15, 0.2) is 0 Å². The fraction of sp³-hybridized carbons (Fsp3) is 0.364. The molecule has 168 valence electrons. The van der Waals surface area contributed by atoms with Crippen molar-refractivity contribution in [2.75, 3.05) is 30.8 Å². The molecule has 0 aliphatic heterocycles. The van der Waals surface area contributed by atoms with Gasteiger partial charge in [-0.05, 0) is 43.7 Å². The number of anilines is 1. The summed E-state index contributed by atoms with van der Waals surface area (Å²) in [5.74, 6) is -0.121. The van der Waals surface area contributed by atoms with Crippen LogP contribution in [0.1, 0.15) is 19.4 Å². The first-order valence-corrected chi connectivity index (χ1v) is 11.7. The van der Waals surface area contributed by atoms with Gasteiger partial charge < -0.3 is 15.0 Å². The predicted molar refractivity (Wildman–Crippen MR) is 120 cm³/mol. The lowest BCUT2D eigenvalue weighted by molar-refractivity contribution is -0.139. The molecule has 0 heterocycles. The summed E-state index contributed by atoms with van der Waals surface area (Å²) in [6.45, 7) is 3.57. The quantitative estimate of drug-likeness (QED) is 0.601. The number of nitrogens with zero attached hydrogens (tertiary/aromatic N) is 2. The molecule has 0 radical (unpaired) electrons. The molecular weight excluding hydrogens is 418 g/mol. The Balaban J connectivity index is 2.33. The molecule has 2 rings (SSSR count). The monoisotopic (exact) mass is 447 g/mol. The summed E-state index contributed by atoms with van der Waals surface area (Å²) in [6.07, 6.45) is 1.05. The summed E-state index contributed by atoms with van der Waals surface area (Å²) < 4.78 is 31.0. The molecule has 1 atom stereocenters. The first-order valence-electron chi connectivity index (χ1n) is 9.90. The summed E-state index contributed by atoms with van der Waals surface area (Å²) in [6, 6.07) is 14.7. The highest BCUT2D eigenvalue weighted by Gasteiger charge is 2.29. The van der Waals surface area contributed by atoms with Gasteiger partial charge in [-0.3, -0.25) is 13.9 Å². The van der Waals surface area contributed by atoms with Gasteiger partial charge in [0, 0.05) is 13.1 Å². The van der Waals surface area contributed by atoms with Crippen LogP contribution in [0.2, 0.25) is 0 Å². The third-order valence-corrected chi connectivity index (χ3v) is 5.89. The Morgan fingerprint density at radius 3 is 2.19 bits per heavy atom. The summed E-state index contributed by atoms with van der Waals surface area (Å²) in [5, 5.41) is 2.72. The molecule has 8 nitrogen and oxygen atoms in total. The zero-order valence-electron chi connectivity index (χ0n) is 18.2. The van der Waals surface area contributed by atoms with Crippen molar-refractivity contribution >= 4 is 27.5 Å². The van der Waals surface area contributed by atoms with E-state index in [1.54, 1.807) is 75.6 Å². The van der Waals surface area contributed by atoms with Crippen LogP contribution in [0.3, 0.4) is 0 Å². The second kappa shape index (κ2) is 10.8. The van der Waals surface area contributed by atoms with E-state index >= 15 is 0 Å². The number of likely N-dealkylation sites (N-methyl/N-ethyl adjacent to an activating group) is 1. The van der Waals surface area contributed by atoms with E-state index in [-0.39, 0.29) is 12.5 Å². The lowest BCUT2D eigenvalue weighted by atomic mass is 10.1. The lowest BCUT2D eigenvalue weighted by Gasteiger charge is -2.31.